The van der Waals surface area contributed by atoms with Crippen LogP contribution >= 0.6 is 24.4 Å². The highest BCUT2D eigenvalue weighted by Crippen LogP contribution is 2.07. The molecule has 6 heteroatoms. The molecule has 3 N–H and O–H groups in total. The SMILES string of the molecule is CC(C)(C)Nc1nc(=S)[nH]c(=S)[nH]1. The lowest BCUT2D eigenvalue weighted by atomic mass is 10.1. The maximum atomic E-state index is 4.92. The van der Waals surface area contributed by atoms with Gasteiger partial charge < -0.3 is 15.3 Å². The Morgan fingerprint density at radius 3 is 2.31 bits per heavy atom. The van der Waals surface area contributed by atoms with Crippen LogP contribution in [0.1, 0.15) is 20.8 Å². The van der Waals surface area contributed by atoms with Crippen molar-refractivity contribution >= 4 is 30.4 Å². The molecule has 1 rings (SSSR count). The molecule has 0 aliphatic heterocycles. The fourth-order valence-corrected chi connectivity index (χ4v) is 1.26. The van der Waals surface area contributed by atoms with E-state index in [0.717, 1.165) is 0 Å². The van der Waals surface area contributed by atoms with E-state index in [9.17, 15) is 0 Å². The van der Waals surface area contributed by atoms with Crippen LogP contribution in [0.15, 0.2) is 0 Å². The van der Waals surface area contributed by atoms with Gasteiger partial charge in [-0.25, -0.2) is 0 Å². The highest BCUT2D eigenvalue weighted by atomic mass is 32.1. The molecule has 4 nitrogen and oxygen atoms in total. The predicted molar refractivity (Wildman–Crippen MR) is 58.0 cm³/mol. The van der Waals surface area contributed by atoms with Crippen molar-refractivity contribution in [3.8, 4) is 0 Å². The number of nitrogens with one attached hydrogen (secondary N) is 3. The van der Waals surface area contributed by atoms with Crippen LogP contribution in [0.3, 0.4) is 0 Å². The molecule has 0 fully saturated rings. The minimum atomic E-state index is -0.0611. The number of hydrogen-bond donors (Lipinski definition) is 3. The van der Waals surface area contributed by atoms with Gasteiger partial charge in [0.1, 0.15) is 0 Å². The maximum absolute atomic E-state index is 4.92. The molecule has 1 heterocycles. The van der Waals surface area contributed by atoms with Crippen molar-refractivity contribution in [1.29, 1.82) is 0 Å². The summed E-state index contributed by atoms with van der Waals surface area (Å²) in [4.78, 5) is 9.64. The lowest BCUT2D eigenvalue weighted by molar-refractivity contribution is 0.624. The van der Waals surface area contributed by atoms with Gasteiger partial charge in [0, 0.05) is 5.54 Å². The van der Waals surface area contributed by atoms with Crippen LogP contribution in [0.25, 0.3) is 0 Å². The Kier molecular flexibility index (Phi) is 2.82. The van der Waals surface area contributed by atoms with E-state index in [-0.39, 0.29) is 5.54 Å². The van der Waals surface area contributed by atoms with E-state index in [1.807, 2.05) is 20.8 Å². The van der Waals surface area contributed by atoms with E-state index in [1.165, 1.54) is 0 Å². The van der Waals surface area contributed by atoms with E-state index in [2.05, 4.69) is 20.3 Å². The Morgan fingerprint density at radius 1 is 1.23 bits per heavy atom. The Hall–Kier alpha value is -0.750. The maximum Gasteiger partial charge on any atom is 0.205 e. The van der Waals surface area contributed by atoms with Crippen LogP contribution in [-0.4, -0.2) is 20.5 Å². The summed E-state index contributed by atoms with van der Waals surface area (Å²) in [5.41, 5.74) is -0.0611. The molecule has 0 bridgehead atoms. The Bertz CT molecular complexity index is 370. The first kappa shape index (κ1) is 10.3. The summed E-state index contributed by atoms with van der Waals surface area (Å²) < 4.78 is 0.863. The van der Waals surface area contributed by atoms with Gasteiger partial charge in [0.05, 0.1) is 0 Å². The van der Waals surface area contributed by atoms with Crippen LogP contribution in [0, 0.1) is 9.54 Å². The molecule has 0 saturated heterocycles. The number of rotatable bonds is 1. The first-order valence-corrected chi connectivity index (χ1v) is 4.67. The molecule has 0 aliphatic rings. The second-order valence-corrected chi connectivity index (χ2v) is 4.51. The highest BCUT2D eigenvalue weighted by molar-refractivity contribution is 7.71. The first-order valence-electron chi connectivity index (χ1n) is 3.86. The summed E-state index contributed by atoms with van der Waals surface area (Å²) in [6.07, 6.45) is 0. The molecular weight excluding hydrogens is 204 g/mol. The summed E-state index contributed by atoms with van der Waals surface area (Å²) in [6.45, 7) is 6.10. The van der Waals surface area contributed by atoms with Crippen molar-refractivity contribution in [2.45, 2.75) is 26.3 Å². The van der Waals surface area contributed by atoms with Crippen LogP contribution in [0.4, 0.5) is 5.95 Å². The highest BCUT2D eigenvalue weighted by Gasteiger charge is 2.09. The van der Waals surface area contributed by atoms with E-state index in [4.69, 9.17) is 24.4 Å². The topological polar surface area (TPSA) is 56.5 Å². The first-order chi connectivity index (χ1) is 5.87. The second kappa shape index (κ2) is 3.55. The van der Waals surface area contributed by atoms with E-state index in [1.54, 1.807) is 0 Å². The van der Waals surface area contributed by atoms with E-state index in [0.29, 0.717) is 15.5 Å². The Labute approximate surface area is 86.8 Å². The van der Waals surface area contributed by atoms with Gasteiger partial charge in [-0.1, -0.05) is 0 Å². The fraction of sp³-hybridized carbons (Fsp3) is 0.571. The molecular formula is C7H12N4S2. The predicted octanol–water partition coefficient (Wildman–Crippen LogP) is 2.41. The molecule has 1 aromatic heterocycles. The van der Waals surface area contributed by atoms with Crippen molar-refractivity contribution < 1.29 is 0 Å². The molecule has 0 unspecified atom stereocenters. The lowest BCUT2D eigenvalue weighted by Gasteiger charge is -2.20. The smallest absolute Gasteiger partial charge is 0.205 e. The number of hydrogen-bond acceptors (Lipinski definition) is 4. The molecule has 0 spiro atoms. The average molecular weight is 216 g/mol. The number of H-pyrrole nitrogens is 2. The van der Waals surface area contributed by atoms with Crippen LogP contribution in [0.5, 0.6) is 0 Å². The third kappa shape index (κ3) is 3.65. The standard InChI is InChI=1S/C7H12N4S2/c1-7(2,3)11-4-8-5(12)10-6(13)9-4/h1-3H3,(H3,8,9,10,11,12,13). The van der Waals surface area contributed by atoms with Gasteiger partial charge in [0.15, 0.2) is 4.77 Å². The van der Waals surface area contributed by atoms with Crippen molar-refractivity contribution in [1.82, 2.24) is 15.0 Å². The van der Waals surface area contributed by atoms with Gasteiger partial charge in [-0.2, -0.15) is 4.98 Å². The van der Waals surface area contributed by atoms with E-state index >= 15 is 0 Å². The largest absolute Gasteiger partial charge is 0.351 e. The fourth-order valence-electron chi connectivity index (χ4n) is 0.808. The summed E-state index contributed by atoms with van der Waals surface area (Å²) in [5.74, 6) is 0.598. The molecule has 0 amide bonds. The van der Waals surface area contributed by atoms with Crippen molar-refractivity contribution in [3.05, 3.63) is 9.54 Å². The molecule has 13 heavy (non-hydrogen) atoms. The summed E-state index contributed by atoms with van der Waals surface area (Å²) in [6, 6.07) is 0. The molecule has 0 atom stereocenters. The third-order valence-electron chi connectivity index (χ3n) is 1.16. The minimum Gasteiger partial charge on any atom is -0.351 e. The van der Waals surface area contributed by atoms with Crippen molar-refractivity contribution in [2.75, 3.05) is 5.32 Å². The second-order valence-electron chi connectivity index (χ2n) is 3.72. The van der Waals surface area contributed by atoms with Gasteiger partial charge in [0.2, 0.25) is 10.7 Å². The zero-order chi connectivity index (χ0) is 10.1. The number of aromatic amines is 2. The van der Waals surface area contributed by atoms with Crippen molar-refractivity contribution in [3.63, 3.8) is 0 Å². The zero-order valence-electron chi connectivity index (χ0n) is 7.76. The molecule has 72 valence electrons. The van der Waals surface area contributed by atoms with Crippen LogP contribution in [-0.2, 0) is 0 Å². The zero-order valence-corrected chi connectivity index (χ0v) is 9.40. The lowest BCUT2D eigenvalue weighted by Crippen LogP contribution is -2.27. The van der Waals surface area contributed by atoms with Crippen molar-refractivity contribution in [2.24, 2.45) is 0 Å². The Morgan fingerprint density at radius 2 is 1.85 bits per heavy atom. The van der Waals surface area contributed by atoms with Gasteiger partial charge in [-0.15, -0.1) is 0 Å². The molecule has 0 radical (unpaired) electrons. The van der Waals surface area contributed by atoms with Gasteiger partial charge in [-0.05, 0) is 45.2 Å². The van der Waals surface area contributed by atoms with E-state index < -0.39 is 0 Å². The molecule has 0 saturated carbocycles. The Balaban J connectivity index is 3.03. The summed E-state index contributed by atoms with van der Waals surface area (Å²) >= 11 is 9.80. The molecule has 0 aliphatic carbocycles. The number of nitrogens with zero attached hydrogens (tertiary/aromatic N) is 1. The quantitative estimate of drug-likeness (QED) is 0.631. The van der Waals surface area contributed by atoms with Crippen LogP contribution < -0.4 is 5.32 Å². The monoisotopic (exact) mass is 216 g/mol. The third-order valence-corrected chi connectivity index (χ3v) is 1.56. The summed E-state index contributed by atoms with van der Waals surface area (Å²) in [7, 11) is 0. The summed E-state index contributed by atoms with van der Waals surface area (Å²) in [5, 5.41) is 3.14. The normalized spacial score (nSPS) is 11.3. The number of anilines is 1. The van der Waals surface area contributed by atoms with Crippen LogP contribution in [0.2, 0.25) is 0 Å². The van der Waals surface area contributed by atoms with Gasteiger partial charge in [-0.3, -0.25) is 0 Å². The minimum absolute atomic E-state index is 0.0611. The average Bonchev–Trinajstić information content (AvgIpc) is 1.78. The molecule has 0 aromatic carbocycles. The number of aromatic nitrogens is 3. The van der Waals surface area contributed by atoms with Gasteiger partial charge in [0.25, 0.3) is 0 Å². The molecule has 1 aromatic rings. The van der Waals surface area contributed by atoms with Gasteiger partial charge >= 0.3 is 0 Å².